The Morgan fingerprint density at radius 3 is 2.67 bits per heavy atom. The highest BCUT2D eigenvalue weighted by molar-refractivity contribution is 5.94. The predicted molar refractivity (Wildman–Crippen MR) is 85.8 cm³/mol. The van der Waals surface area contributed by atoms with Crippen molar-refractivity contribution in [3.63, 3.8) is 0 Å². The molecule has 7 heteroatoms. The summed E-state index contributed by atoms with van der Waals surface area (Å²) in [5, 5.41) is 12.8. The molecular weight excluding hydrogens is 321 g/mol. The summed E-state index contributed by atoms with van der Waals surface area (Å²) < 4.78 is 37.3. The van der Waals surface area contributed by atoms with Gasteiger partial charge < -0.3 is 10.4 Å². The first-order valence-electron chi connectivity index (χ1n) is 7.81. The topological polar surface area (TPSA) is 52.6 Å². The second kappa shape index (κ2) is 6.37. The highest BCUT2D eigenvalue weighted by Gasteiger charge is 2.36. The van der Waals surface area contributed by atoms with Crippen LogP contribution in [0.4, 0.5) is 18.9 Å². The monoisotopic (exact) mass is 344 g/mol. The molecule has 0 saturated heterocycles. The van der Waals surface area contributed by atoms with Gasteiger partial charge in [0.25, 0.3) is 0 Å². The molecule has 4 nitrogen and oxygen atoms in total. The molecule has 1 aliphatic rings. The maximum Gasteiger partial charge on any atom is 0.401 e. The molecule has 24 heavy (non-hydrogen) atoms. The van der Waals surface area contributed by atoms with Crippen LogP contribution in [0.3, 0.4) is 0 Å². The van der Waals surface area contributed by atoms with Gasteiger partial charge in [0.2, 0.25) is 5.91 Å². The fourth-order valence-corrected chi connectivity index (χ4v) is 3.10. The predicted octanol–water partition coefficient (Wildman–Crippen LogP) is 3.22. The molecule has 1 aromatic carbocycles. The lowest BCUT2D eigenvalue weighted by Crippen LogP contribution is -2.44. The molecule has 134 valence electrons. The van der Waals surface area contributed by atoms with Crippen LogP contribution >= 0.6 is 0 Å². The molecule has 0 fully saturated rings. The largest absolute Gasteiger partial charge is 0.401 e. The van der Waals surface area contributed by atoms with Gasteiger partial charge in [0.05, 0.1) is 18.7 Å². The number of fused-ring (bicyclic) bond motifs is 1. The number of likely N-dealkylation sites (N-methyl/N-ethyl adjacent to an activating group) is 1. The lowest BCUT2D eigenvalue weighted by atomic mass is 9.86. The van der Waals surface area contributed by atoms with Gasteiger partial charge in [-0.1, -0.05) is 19.9 Å². The lowest BCUT2D eigenvalue weighted by molar-refractivity contribution is -0.149. The molecule has 2 atom stereocenters. The highest BCUT2D eigenvalue weighted by atomic mass is 19.4. The standard InChI is InChI=1S/C17H23F3N2O2/c1-10(22(4)9-17(18,19)20)15(24)21-11-5-6-13-12(7-11)14(23)8-16(13,2)3/h5-7,10,14,23H,8-9H2,1-4H3,(H,21,24)/t10-,14-/m0/s1. The fourth-order valence-electron chi connectivity index (χ4n) is 3.10. The number of amides is 1. The Labute approximate surface area is 139 Å². The van der Waals surface area contributed by atoms with Crippen LogP contribution in [0.1, 0.15) is 44.4 Å². The number of aliphatic hydroxyl groups excluding tert-OH is 1. The molecule has 2 N–H and O–H groups in total. The first kappa shape index (κ1) is 18.7. The van der Waals surface area contributed by atoms with E-state index in [1.165, 1.54) is 14.0 Å². The number of alkyl halides is 3. The Hall–Kier alpha value is -1.60. The van der Waals surface area contributed by atoms with Gasteiger partial charge in [-0.2, -0.15) is 13.2 Å². The zero-order chi connectivity index (χ0) is 18.3. The normalized spacial score (nSPS) is 20.8. The summed E-state index contributed by atoms with van der Waals surface area (Å²) in [5.41, 5.74) is 2.12. The third-order valence-electron chi connectivity index (χ3n) is 4.58. The number of benzene rings is 1. The fraction of sp³-hybridized carbons (Fsp3) is 0.588. The number of rotatable bonds is 4. The molecule has 1 aliphatic carbocycles. The van der Waals surface area contributed by atoms with Crippen molar-refractivity contribution in [3.8, 4) is 0 Å². The van der Waals surface area contributed by atoms with E-state index >= 15 is 0 Å². The molecular formula is C17H23F3N2O2. The number of halogens is 3. The van der Waals surface area contributed by atoms with E-state index in [0.717, 1.165) is 16.0 Å². The van der Waals surface area contributed by atoms with Gasteiger partial charge in [-0.15, -0.1) is 0 Å². The van der Waals surface area contributed by atoms with E-state index in [4.69, 9.17) is 0 Å². The summed E-state index contributed by atoms with van der Waals surface area (Å²) in [6, 6.07) is 4.34. The van der Waals surface area contributed by atoms with E-state index in [0.29, 0.717) is 12.1 Å². The first-order chi connectivity index (χ1) is 10.9. The Morgan fingerprint density at radius 1 is 1.46 bits per heavy atom. The molecule has 0 radical (unpaired) electrons. The second-order valence-electron chi connectivity index (χ2n) is 7.10. The van der Waals surface area contributed by atoms with Crippen LogP contribution < -0.4 is 5.32 Å². The van der Waals surface area contributed by atoms with Gasteiger partial charge in [-0.05, 0) is 49.1 Å². The number of carbonyl (C=O) groups is 1. The van der Waals surface area contributed by atoms with Crippen LogP contribution in [0.5, 0.6) is 0 Å². The molecule has 1 aromatic rings. The van der Waals surface area contributed by atoms with E-state index in [1.54, 1.807) is 12.1 Å². The zero-order valence-electron chi connectivity index (χ0n) is 14.2. The lowest BCUT2D eigenvalue weighted by Gasteiger charge is -2.25. The smallest absolute Gasteiger partial charge is 0.388 e. The molecule has 0 heterocycles. The average Bonchev–Trinajstić information content (AvgIpc) is 2.65. The van der Waals surface area contributed by atoms with Gasteiger partial charge in [0.1, 0.15) is 0 Å². The number of hydrogen-bond acceptors (Lipinski definition) is 3. The molecule has 0 saturated carbocycles. The number of nitrogens with zero attached hydrogens (tertiary/aromatic N) is 1. The maximum absolute atomic E-state index is 12.4. The molecule has 0 spiro atoms. The van der Waals surface area contributed by atoms with E-state index in [-0.39, 0.29) is 5.41 Å². The summed E-state index contributed by atoms with van der Waals surface area (Å²) in [4.78, 5) is 13.1. The van der Waals surface area contributed by atoms with Crippen molar-refractivity contribution < 1.29 is 23.1 Å². The van der Waals surface area contributed by atoms with E-state index in [1.807, 2.05) is 19.9 Å². The molecule has 0 aliphatic heterocycles. The van der Waals surface area contributed by atoms with Crippen molar-refractivity contribution in [1.82, 2.24) is 4.90 Å². The molecule has 0 bridgehead atoms. The van der Waals surface area contributed by atoms with Crippen molar-refractivity contribution in [2.24, 2.45) is 0 Å². The summed E-state index contributed by atoms with van der Waals surface area (Å²) in [5.74, 6) is -0.520. The molecule has 0 unspecified atom stereocenters. The Bertz CT molecular complexity index is 629. The number of anilines is 1. The Kier molecular flexibility index (Phi) is 4.97. The summed E-state index contributed by atoms with van der Waals surface area (Å²) >= 11 is 0. The van der Waals surface area contributed by atoms with Gasteiger partial charge in [0.15, 0.2) is 0 Å². The molecule has 1 amide bonds. The number of carbonyl (C=O) groups excluding carboxylic acids is 1. The van der Waals surface area contributed by atoms with Gasteiger partial charge in [0, 0.05) is 5.69 Å². The van der Waals surface area contributed by atoms with E-state index in [9.17, 15) is 23.1 Å². The SMILES string of the molecule is C[C@@H](C(=O)Nc1ccc2c(c1)[C@@H](O)CC2(C)C)N(C)CC(F)(F)F. The van der Waals surface area contributed by atoms with E-state index < -0.39 is 30.8 Å². The number of hydrogen-bond donors (Lipinski definition) is 2. The maximum atomic E-state index is 12.4. The van der Waals surface area contributed by atoms with Crippen molar-refractivity contribution in [1.29, 1.82) is 0 Å². The van der Waals surface area contributed by atoms with Crippen LogP contribution in [-0.2, 0) is 10.2 Å². The second-order valence-corrected chi connectivity index (χ2v) is 7.10. The minimum absolute atomic E-state index is 0.141. The van der Waals surface area contributed by atoms with Crippen LogP contribution in [0.15, 0.2) is 18.2 Å². The first-order valence-corrected chi connectivity index (χ1v) is 7.81. The molecule has 0 aromatic heterocycles. The minimum Gasteiger partial charge on any atom is -0.388 e. The number of nitrogens with one attached hydrogen (secondary N) is 1. The van der Waals surface area contributed by atoms with E-state index in [2.05, 4.69) is 5.32 Å². The Morgan fingerprint density at radius 2 is 2.08 bits per heavy atom. The quantitative estimate of drug-likeness (QED) is 0.882. The Balaban J connectivity index is 2.09. The van der Waals surface area contributed by atoms with Crippen molar-refractivity contribution in [2.45, 2.75) is 50.9 Å². The van der Waals surface area contributed by atoms with Crippen LogP contribution in [0, 0.1) is 0 Å². The van der Waals surface area contributed by atoms with Crippen LogP contribution in [0.25, 0.3) is 0 Å². The summed E-state index contributed by atoms with van der Waals surface area (Å²) in [6.07, 6.45) is -4.35. The van der Waals surface area contributed by atoms with Gasteiger partial charge in [-0.3, -0.25) is 9.69 Å². The average molecular weight is 344 g/mol. The van der Waals surface area contributed by atoms with Crippen molar-refractivity contribution in [3.05, 3.63) is 29.3 Å². The van der Waals surface area contributed by atoms with Crippen molar-refractivity contribution >= 4 is 11.6 Å². The van der Waals surface area contributed by atoms with Crippen LogP contribution in [-0.4, -0.2) is 41.7 Å². The van der Waals surface area contributed by atoms with Gasteiger partial charge >= 0.3 is 6.18 Å². The minimum atomic E-state index is -4.35. The summed E-state index contributed by atoms with van der Waals surface area (Å²) in [6.45, 7) is 4.34. The third kappa shape index (κ3) is 4.08. The summed E-state index contributed by atoms with van der Waals surface area (Å²) in [7, 11) is 1.26. The number of aliphatic hydroxyl groups is 1. The zero-order valence-corrected chi connectivity index (χ0v) is 14.2. The van der Waals surface area contributed by atoms with Crippen molar-refractivity contribution in [2.75, 3.05) is 18.9 Å². The molecule has 2 rings (SSSR count). The van der Waals surface area contributed by atoms with Gasteiger partial charge in [-0.25, -0.2) is 0 Å². The van der Waals surface area contributed by atoms with Crippen LogP contribution in [0.2, 0.25) is 0 Å². The third-order valence-corrected chi connectivity index (χ3v) is 4.58. The highest BCUT2D eigenvalue weighted by Crippen LogP contribution is 2.45.